The Bertz CT molecular complexity index is 1350. The second-order valence-electron chi connectivity index (χ2n) is 10.4. The number of anilines is 2. The molecule has 40 heavy (non-hydrogen) atoms. The summed E-state index contributed by atoms with van der Waals surface area (Å²) >= 11 is 0. The molecule has 2 atom stereocenters. The molecule has 0 amide bonds. The molecule has 2 unspecified atom stereocenters. The van der Waals surface area contributed by atoms with Crippen molar-refractivity contribution in [2.24, 2.45) is 11.8 Å². The molecule has 3 heterocycles. The molecule has 0 aliphatic heterocycles. The largest absolute Gasteiger partial charge is 0.464 e. The van der Waals surface area contributed by atoms with Gasteiger partial charge in [-0.15, -0.1) is 0 Å². The fraction of sp³-hybridized carbons (Fsp3) is 0.448. The van der Waals surface area contributed by atoms with Gasteiger partial charge in [0.25, 0.3) is 6.43 Å². The lowest BCUT2D eigenvalue weighted by Crippen LogP contribution is -2.37. The van der Waals surface area contributed by atoms with Crippen molar-refractivity contribution in [1.29, 1.82) is 0 Å². The highest BCUT2D eigenvalue weighted by Crippen LogP contribution is 2.41. The Morgan fingerprint density at radius 2 is 1.90 bits per heavy atom. The molecule has 3 aromatic rings. The van der Waals surface area contributed by atoms with Gasteiger partial charge in [0.2, 0.25) is 0 Å². The molecule has 0 radical (unpaired) electrons. The van der Waals surface area contributed by atoms with Gasteiger partial charge in [0.05, 0.1) is 23.1 Å². The lowest BCUT2D eigenvalue weighted by atomic mass is 9.73. The third kappa shape index (κ3) is 7.45. The van der Waals surface area contributed by atoms with E-state index in [4.69, 9.17) is 4.74 Å². The van der Waals surface area contributed by atoms with Gasteiger partial charge in [-0.1, -0.05) is 0 Å². The number of aliphatic hydroxyl groups is 1. The molecule has 8 nitrogen and oxygen atoms in total. The first-order valence-corrected chi connectivity index (χ1v) is 14.9. The van der Waals surface area contributed by atoms with Crippen LogP contribution in [0.3, 0.4) is 0 Å². The van der Waals surface area contributed by atoms with Crippen molar-refractivity contribution in [2.75, 3.05) is 23.9 Å². The van der Waals surface area contributed by atoms with E-state index < -0.39 is 22.8 Å². The van der Waals surface area contributed by atoms with Gasteiger partial charge in [0.15, 0.2) is 0 Å². The van der Waals surface area contributed by atoms with Crippen LogP contribution >= 0.6 is 0 Å². The van der Waals surface area contributed by atoms with Gasteiger partial charge in [0, 0.05) is 40.6 Å². The van der Waals surface area contributed by atoms with E-state index in [-0.39, 0.29) is 35.8 Å². The molecule has 1 aliphatic carbocycles. The second-order valence-corrected chi connectivity index (χ2v) is 11.9. The van der Waals surface area contributed by atoms with Crippen LogP contribution in [0.25, 0.3) is 11.3 Å². The van der Waals surface area contributed by atoms with Crippen molar-refractivity contribution in [1.82, 2.24) is 15.0 Å². The lowest BCUT2D eigenvalue weighted by molar-refractivity contribution is -0.150. The molecule has 214 valence electrons. The minimum atomic E-state index is -2.59. The summed E-state index contributed by atoms with van der Waals surface area (Å²) < 4.78 is 42.6. The minimum Gasteiger partial charge on any atom is -0.464 e. The van der Waals surface area contributed by atoms with E-state index >= 15 is 0 Å². The standard InChI is InChI=1S/C29H34F2N4O4S/c1-18-14-23(34-26(15-18)35-25-16-20(27(30)31)10-11-32-25)21-6-9-24(33-17-21)29(2,37)22-7-4-19(5-8-22)28(36)39-12-13-40(3)38/h6,9-11,14-17,19,22,27,37H,4-5,7-8,12-13H2,1-3H3,(H,32,34,35). The van der Waals surface area contributed by atoms with Crippen molar-refractivity contribution >= 4 is 28.4 Å². The Morgan fingerprint density at radius 1 is 1.15 bits per heavy atom. The summed E-state index contributed by atoms with van der Waals surface area (Å²) in [6.07, 6.45) is 4.51. The van der Waals surface area contributed by atoms with Crippen LogP contribution < -0.4 is 5.32 Å². The minimum absolute atomic E-state index is 0.0672. The number of nitrogens with zero attached hydrogens (tertiary/aromatic N) is 3. The molecule has 11 heteroatoms. The third-order valence-corrected chi connectivity index (χ3v) is 8.05. The van der Waals surface area contributed by atoms with Crippen molar-refractivity contribution < 1.29 is 27.6 Å². The molecule has 1 saturated carbocycles. The quantitative estimate of drug-likeness (QED) is 0.308. The van der Waals surface area contributed by atoms with Gasteiger partial charge >= 0.3 is 5.97 Å². The fourth-order valence-corrected chi connectivity index (χ4v) is 5.30. The second kappa shape index (κ2) is 12.9. The highest BCUT2D eigenvalue weighted by atomic mass is 32.2. The van der Waals surface area contributed by atoms with Crippen LogP contribution in [0.15, 0.2) is 48.8 Å². The first-order chi connectivity index (χ1) is 19.0. The van der Waals surface area contributed by atoms with Crippen molar-refractivity contribution in [3.05, 3.63) is 65.6 Å². The number of hydrogen-bond acceptors (Lipinski definition) is 8. The van der Waals surface area contributed by atoms with Gasteiger partial charge in [-0.25, -0.2) is 18.7 Å². The number of hydrogen-bond donors (Lipinski definition) is 2. The molecule has 3 aromatic heterocycles. The third-order valence-electron chi connectivity index (χ3n) is 7.31. The van der Waals surface area contributed by atoms with Gasteiger partial charge in [0.1, 0.15) is 23.8 Å². The van der Waals surface area contributed by atoms with E-state index in [0.717, 1.165) is 11.1 Å². The zero-order valence-corrected chi connectivity index (χ0v) is 23.6. The van der Waals surface area contributed by atoms with Crippen LogP contribution in [0, 0.1) is 18.8 Å². The number of nitrogens with one attached hydrogen (secondary N) is 1. The topological polar surface area (TPSA) is 114 Å². The van der Waals surface area contributed by atoms with E-state index in [1.54, 1.807) is 31.5 Å². The zero-order valence-electron chi connectivity index (χ0n) is 22.8. The summed E-state index contributed by atoms with van der Waals surface area (Å²) in [7, 11) is -1.00. The maximum Gasteiger partial charge on any atom is 0.308 e. The fourth-order valence-electron chi connectivity index (χ4n) is 4.98. The van der Waals surface area contributed by atoms with Gasteiger partial charge in [-0.3, -0.25) is 14.0 Å². The smallest absolute Gasteiger partial charge is 0.308 e. The summed E-state index contributed by atoms with van der Waals surface area (Å²) in [6.45, 7) is 3.82. The van der Waals surface area contributed by atoms with Gasteiger partial charge in [-0.05, 0) is 87.4 Å². The highest BCUT2D eigenvalue weighted by molar-refractivity contribution is 7.84. The van der Waals surface area contributed by atoms with Gasteiger partial charge < -0.3 is 15.2 Å². The van der Waals surface area contributed by atoms with Crippen LogP contribution in [-0.2, 0) is 25.9 Å². The molecule has 2 N–H and O–H groups in total. The van der Waals surface area contributed by atoms with E-state index in [1.807, 2.05) is 19.1 Å². The maximum absolute atomic E-state index is 13.1. The Morgan fingerprint density at radius 3 is 2.55 bits per heavy atom. The Kier molecular flexibility index (Phi) is 9.57. The number of alkyl halides is 2. The summed E-state index contributed by atoms with van der Waals surface area (Å²) in [5.41, 5.74) is 1.51. The van der Waals surface area contributed by atoms with Crippen LogP contribution in [-0.4, -0.2) is 48.9 Å². The zero-order chi connectivity index (χ0) is 28.9. The van der Waals surface area contributed by atoms with Crippen LogP contribution in [0.4, 0.5) is 20.4 Å². The van der Waals surface area contributed by atoms with Crippen molar-refractivity contribution in [3.8, 4) is 11.3 Å². The SMILES string of the molecule is Cc1cc(Nc2cc(C(F)F)ccn2)nc(-c2ccc(C(C)(O)C3CCC(C(=O)OCCS(C)=O)CC3)nc2)c1. The Balaban J connectivity index is 1.41. The maximum atomic E-state index is 13.1. The summed E-state index contributed by atoms with van der Waals surface area (Å²) in [5, 5.41) is 14.4. The monoisotopic (exact) mass is 572 g/mol. The molecule has 0 aromatic carbocycles. The Labute approximate surface area is 235 Å². The summed E-state index contributed by atoms with van der Waals surface area (Å²) in [6, 6.07) is 9.88. The summed E-state index contributed by atoms with van der Waals surface area (Å²) in [5.74, 6) is 0.524. The molecule has 0 spiro atoms. The number of carbonyl (C=O) groups excluding carboxylic acids is 1. The molecule has 0 saturated heterocycles. The molecule has 1 aliphatic rings. The molecular weight excluding hydrogens is 538 g/mol. The number of rotatable bonds is 10. The number of esters is 1. The number of aromatic nitrogens is 3. The van der Waals surface area contributed by atoms with E-state index in [2.05, 4.69) is 20.3 Å². The summed E-state index contributed by atoms with van der Waals surface area (Å²) in [4.78, 5) is 25.6. The predicted octanol–water partition coefficient (Wildman–Crippen LogP) is 5.46. The number of ether oxygens (including phenoxy) is 1. The lowest BCUT2D eigenvalue weighted by Gasteiger charge is -2.37. The van der Waals surface area contributed by atoms with Crippen LogP contribution in [0.5, 0.6) is 0 Å². The van der Waals surface area contributed by atoms with Crippen LogP contribution in [0.2, 0.25) is 0 Å². The molecule has 1 fully saturated rings. The number of aryl methyl sites for hydroxylation is 1. The van der Waals surface area contributed by atoms with E-state index in [0.29, 0.717) is 48.6 Å². The first-order valence-electron chi connectivity index (χ1n) is 13.2. The van der Waals surface area contributed by atoms with Crippen molar-refractivity contribution in [3.63, 3.8) is 0 Å². The molecule has 4 rings (SSSR count). The normalized spacial score (nSPS) is 19.6. The average molecular weight is 573 g/mol. The highest BCUT2D eigenvalue weighted by Gasteiger charge is 2.39. The molecule has 0 bridgehead atoms. The molecular formula is C29H34F2N4O4S. The first kappa shape index (κ1) is 29.7. The van der Waals surface area contributed by atoms with Crippen LogP contribution in [0.1, 0.15) is 55.9 Å². The number of halogens is 2. The number of carbonyl (C=O) groups is 1. The van der Waals surface area contributed by atoms with E-state index in [1.165, 1.54) is 18.3 Å². The predicted molar refractivity (Wildman–Crippen MR) is 150 cm³/mol. The van der Waals surface area contributed by atoms with Crippen molar-refractivity contribution in [2.45, 2.75) is 51.6 Å². The van der Waals surface area contributed by atoms with Gasteiger partial charge in [-0.2, -0.15) is 0 Å². The average Bonchev–Trinajstić information content (AvgIpc) is 2.92. The van der Waals surface area contributed by atoms with E-state index in [9.17, 15) is 22.9 Å². The Hall–Kier alpha value is -3.31. The number of pyridine rings is 3.